The van der Waals surface area contributed by atoms with E-state index in [1.54, 1.807) is 6.07 Å². The molecule has 0 aliphatic rings. The normalized spacial score (nSPS) is 10.5. The number of carbonyl (C=O) groups is 1. The number of benzene rings is 1. The highest BCUT2D eigenvalue weighted by atomic mass is 16.1. The fraction of sp³-hybridized carbons (Fsp3) is 0.462. The lowest BCUT2D eigenvalue weighted by molar-refractivity contribution is -0.116. The van der Waals surface area contributed by atoms with E-state index in [2.05, 4.69) is 17.1 Å². The van der Waals surface area contributed by atoms with Gasteiger partial charge in [0.1, 0.15) is 0 Å². The second-order valence-electron chi connectivity index (χ2n) is 4.19. The van der Waals surface area contributed by atoms with Crippen LogP contribution in [0, 0.1) is 0 Å². The molecule has 0 radical (unpaired) electrons. The number of para-hydroxylation sites is 2. The van der Waals surface area contributed by atoms with Crippen molar-refractivity contribution in [3.05, 3.63) is 24.3 Å². The second-order valence-corrected chi connectivity index (χ2v) is 4.19. The largest absolute Gasteiger partial charge is 0.397 e. The molecule has 0 fully saturated rings. The van der Waals surface area contributed by atoms with E-state index in [1.165, 1.54) is 0 Å². The first kappa shape index (κ1) is 13.5. The Morgan fingerprint density at radius 3 is 2.71 bits per heavy atom. The lowest BCUT2D eigenvalue weighted by Crippen LogP contribution is -2.25. The Hall–Kier alpha value is -1.55. The summed E-state index contributed by atoms with van der Waals surface area (Å²) in [5.74, 6) is 0.00542. The molecule has 94 valence electrons. The molecule has 3 N–H and O–H groups in total. The maximum absolute atomic E-state index is 11.7. The lowest BCUT2D eigenvalue weighted by atomic mass is 10.2. The molecule has 0 bridgehead atoms. The van der Waals surface area contributed by atoms with Gasteiger partial charge in [0, 0.05) is 13.0 Å². The predicted molar refractivity (Wildman–Crippen MR) is 71.9 cm³/mol. The van der Waals surface area contributed by atoms with Gasteiger partial charge in [0.15, 0.2) is 0 Å². The number of nitrogens with two attached hydrogens (primary N) is 1. The minimum atomic E-state index is 0.00542. The summed E-state index contributed by atoms with van der Waals surface area (Å²) in [7, 11) is 2.02. The monoisotopic (exact) mass is 235 g/mol. The maximum Gasteiger partial charge on any atom is 0.225 e. The van der Waals surface area contributed by atoms with Crippen LogP contribution < -0.4 is 11.1 Å². The standard InChI is InChI=1S/C13H21N3O/c1-3-9-16(2)10-8-13(17)15-12-7-5-4-6-11(12)14/h4-7H,3,8-10,14H2,1-2H3,(H,15,17). The number of nitrogens with zero attached hydrogens (tertiary/aromatic N) is 1. The second kappa shape index (κ2) is 6.91. The average molecular weight is 235 g/mol. The van der Waals surface area contributed by atoms with Crippen LogP contribution in [0.4, 0.5) is 11.4 Å². The minimum Gasteiger partial charge on any atom is -0.397 e. The molecule has 0 aliphatic heterocycles. The molecular weight excluding hydrogens is 214 g/mol. The molecule has 1 rings (SSSR count). The summed E-state index contributed by atoms with van der Waals surface area (Å²) in [6, 6.07) is 7.29. The molecule has 17 heavy (non-hydrogen) atoms. The highest BCUT2D eigenvalue weighted by molar-refractivity contribution is 5.93. The van der Waals surface area contributed by atoms with Crippen LogP contribution in [-0.2, 0) is 4.79 Å². The third-order valence-corrected chi connectivity index (χ3v) is 2.56. The summed E-state index contributed by atoms with van der Waals surface area (Å²) in [6.45, 7) is 3.91. The van der Waals surface area contributed by atoms with Crippen molar-refractivity contribution in [2.75, 3.05) is 31.2 Å². The summed E-state index contributed by atoms with van der Waals surface area (Å²) in [4.78, 5) is 13.8. The van der Waals surface area contributed by atoms with Crippen molar-refractivity contribution < 1.29 is 4.79 Å². The molecular formula is C13H21N3O. The zero-order valence-electron chi connectivity index (χ0n) is 10.6. The first-order valence-electron chi connectivity index (χ1n) is 5.96. The topological polar surface area (TPSA) is 58.4 Å². The number of nitrogens with one attached hydrogen (secondary N) is 1. The Kier molecular flexibility index (Phi) is 5.49. The first-order valence-corrected chi connectivity index (χ1v) is 5.96. The van der Waals surface area contributed by atoms with E-state index in [0.29, 0.717) is 17.8 Å². The highest BCUT2D eigenvalue weighted by Gasteiger charge is 2.06. The number of carbonyl (C=O) groups excluding carboxylic acids is 1. The molecule has 1 aromatic rings. The van der Waals surface area contributed by atoms with Crippen LogP contribution in [0.1, 0.15) is 19.8 Å². The first-order chi connectivity index (χ1) is 8.13. The van der Waals surface area contributed by atoms with Gasteiger partial charge < -0.3 is 16.0 Å². The third-order valence-electron chi connectivity index (χ3n) is 2.56. The molecule has 1 amide bonds. The molecule has 0 spiro atoms. The summed E-state index contributed by atoms with van der Waals surface area (Å²) >= 11 is 0. The number of nitrogen functional groups attached to an aromatic ring is 1. The smallest absolute Gasteiger partial charge is 0.225 e. The molecule has 0 heterocycles. The van der Waals surface area contributed by atoms with Crippen LogP contribution in [0.15, 0.2) is 24.3 Å². The Balaban J connectivity index is 2.37. The van der Waals surface area contributed by atoms with Crippen molar-refractivity contribution in [3.63, 3.8) is 0 Å². The van der Waals surface area contributed by atoms with Crippen molar-refractivity contribution in [2.24, 2.45) is 0 Å². The van der Waals surface area contributed by atoms with Crippen LogP contribution in [0.2, 0.25) is 0 Å². The zero-order chi connectivity index (χ0) is 12.7. The fourth-order valence-electron chi connectivity index (χ4n) is 1.61. The molecule has 1 aromatic carbocycles. The van der Waals surface area contributed by atoms with Crippen molar-refractivity contribution in [2.45, 2.75) is 19.8 Å². The van der Waals surface area contributed by atoms with E-state index in [-0.39, 0.29) is 5.91 Å². The van der Waals surface area contributed by atoms with Crippen LogP contribution in [0.25, 0.3) is 0 Å². The van der Waals surface area contributed by atoms with Crippen LogP contribution in [0.5, 0.6) is 0 Å². The average Bonchev–Trinajstić information content (AvgIpc) is 2.30. The third kappa shape index (κ3) is 4.87. The van der Waals surface area contributed by atoms with Gasteiger partial charge in [-0.2, -0.15) is 0 Å². The van der Waals surface area contributed by atoms with E-state index >= 15 is 0 Å². The lowest BCUT2D eigenvalue weighted by Gasteiger charge is -2.15. The Morgan fingerprint density at radius 1 is 1.35 bits per heavy atom. The SMILES string of the molecule is CCCN(C)CCC(=O)Nc1ccccc1N. The Bertz CT molecular complexity index is 365. The number of amides is 1. The van der Waals surface area contributed by atoms with Gasteiger partial charge >= 0.3 is 0 Å². The van der Waals surface area contributed by atoms with Crippen LogP contribution >= 0.6 is 0 Å². The summed E-state index contributed by atoms with van der Waals surface area (Å²) in [5, 5.41) is 2.82. The van der Waals surface area contributed by atoms with Crippen molar-refractivity contribution in [3.8, 4) is 0 Å². The molecule has 4 nitrogen and oxygen atoms in total. The molecule has 0 atom stereocenters. The van der Waals surface area contributed by atoms with Crippen molar-refractivity contribution in [1.82, 2.24) is 4.90 Å². The number of anilines is 2. The van der Waals surface area contributed by atoms with E-state index < -0.39 is 0 Å². The quantitative estimate of drug-likeness (QED) is 0.741. The van der Waals surface area contributed by atoms with Crippen molar-refractivity contribution in [1.29, 1.82) is 0 Å². The molecule has 0 aliphatic carbocycles. The van der Waals surface area contributed by atoms with Gasteiger partial charge in [0.2, 0.25) is 5.91 Å². The van der Waals surface area contributed by atoms with Gasteiger partial charge in [-0.05, 0) is 32.1 Å². The highest BCUT2D eigenvalue weighted by Crippen LogP contribution is 2.16. The van der Waals surface area contributed by atoms with Gasteiger partial charge in [-0.15, -0.1) is 0 Å². The van der Waals surface area contributed by atoms with E-state index in [9.17, 15) is 4.79 Å². The fourth-order valence-corrected chi connectivity index (χ4v) is 1.61. The number of rotatable bonds is 6. The van der Waals surface area contributed by atoms with E-state index in [0.717, 1.165) is 19.5 Å². The molecule has 0 unspecified atom stereocenters. The Labute approximate surface area is 103 Å². The van der Waals surface area contributed by atoms with Crippen molar-refractivity contribution >= 4 is 17.3 Å². The summed E-state index contributed by atoms with van der Waals surface area (Å²) in [5.41, 5.74) is 7.04. The van der Waals surface area contributed by atoms with Crippen LogP contribution in [0.3, 0.4) is 0 Å². The maximum atomic E-state index is 11.7. The summed E-state index contributed by atoms with van der Waals surface area (Å²) < 4.78 is 0. The molecule has 0 aromatic heterocycles. The van der Waals surface area contributed by atoms with E-state index in [4.69, 9.17) is 5.73 Å². The van der Waals surface area contributed by atoms with Gasteiger partial charge in [-0.25, -0.2) is 0 Å². The van der Waals surface area contributed by atoms with Crippen LogP contribution in [-0.4, -0.2) is 30.9 Å². The van der Waals surface area contributed by atoms with E-state index in [1.807, 2.05) is 25.2 Å². The van der Waals surface area contributed by atoms with Gasteiger partial charge in [-0.3, -0.25) is 4.79 Å². The number of hydrogen-bond donors (Lipinski definition) is 2. The van der Waals surface area contributed by atoms with Gasteiger partial charge in [-0.1, -0.05) is 19.1 Å². The van der Waals surface area contributed by atoms with Gasteiger partial charge in [0.05, 0.1) is 11.4 Å². The predicted octanol–water partition coefficient (Wildman–Crippen LogP) is 1.94. The molecule has 0 saturated carbocycles. The molecule has 4 heteroatoms. The van der Waals surface area contributed by atoms with Gasteiger partial charge in [0.25, 0.3) is 0 Å². The number of hydrogen-bond acceptors (Lipinski definition) is 3. The Morgan fingerprint density at radius 2 is 2.06 bits per heavy atom. The zero-order valence-corrected chi connectivity index (χ0v) is 10.6. The summed E-state index contributed by atoms with van der Waals surface area (Å²) in [6.07, 6.45) is 1.59. The minimum absolute atomic E-state index is 0.00542. The molecule has 0 saturated heterocycles.